The third kappa shape index (κ3) is 5.69. The molecule has 9 nitrogen and oxygen atoms in total. The van der Waals surface area contributed by atoms with Crippen molar-refractivity contribution in [1.29, 1.82) is 0 Å². The molecule has 1 aromatic rings. The SMILES string of the molecule is CC(C)CC(NC(=O)c1ccc(N2CCCC2)cc1)C(=O)N1CCC2C1C(=O)CN2C(=O)C(N)C1CCCC1. The third-order valence-corrected chi connectivity index (χ3v) is 9.09. The van der Waals surface area contributed by atoms with Gasteiger partial charge in [0.05, 0.1) is 18.6 Å². The van der Waals surface area contributed by atoms with Crippen LogP contribution < -0.4 is 16.0 Å². The molecule has 3 N–H and O–H groups in total. The number of Topliss-reactive ketones (excluding diaryl/α,β-unsaturated/α-hetero) is 1. The van der Waals surface area contributed by atoms with Crippen LogP contribution in [0.2, 0.25) is 0 Å². The van der Waals surface area contributed by atoms with E-state index < -0.39 is 18.1 Å². The number of amides is 3. The first-order valence-corrected chi connectivity index (χ1v) is 14.8. The Bertz CT molecular complexity index is 1080. The first-order valence-electron chi connectivity index (χ1n) is 14.8. The van der Waals surface area contributed by atoms with E-state index >= 15 is 0 Å². The van der Waals surface area contributed by atoms with Crippen molar-refractivity contribution in [3.63, 3.8) is 0 Å². The van der Waals surface area contributed by atoms with E-state index in [0.717, 1.165) is 44.5 Å². The van der Waals surface area contributed by atoms with Crippen LogP contribution in [0, 0.1) is 11.8 Å². The highest BCUT2D eigenvalue weighted by molar-refractivity contribution is 6.01. The fourth-order valence-corrected chi connectivity index (χ4v) is 7.00. The van der Waals surface area contributed by atoms with Crippen LogP contribution in [0.25, 0.3) is 0 Å². The second-order valence-electron chi connectivity index (χ2n) is 12.2. The maximum Gasteiger partial charge on any atom is 0.251 e. The molecular formula is C30H43N5O4. The monoisotopic (exact) mass is 537 g/mol. The Hall–Kier alpha value is -2.94. The van der Waals surface area contributed by atoms with Crippen LogP contribution in [0.3, 0.4) is 0 Å². The quantitative estimate of drug-likeness (QED) is 0.526. The van der Waals surface area contributed by atoms with Crippen molar-refractivity contribution < 1.29 is 19.2 Å². The van der Waals surface area contributed by atoms with Gasteiger partial charge in [0.2, 0.25) is 11.8 Å². The van der Waals surface area contributed by atoms with Crippen LogP contribution >= 0.6 is 0 Å². The number of anilines is 1. The van der Waals surface area contributed by atoms with Crippen LogP contribution in [0.4, 0.5) is 5.69 Å². The average molecular weight is 538 g/mol. The Balaban J connectivity index is 1.26. The Kier molecular flexibility index (Phi) is 8.26. The predicted molar refractivity (Wildman–Crippen MR) is 149 cm³/mol. The van der Waals surface area contributed by atoms with Crippen molar-refractivity contribution >= 4 is 29.2 Å². The van der Waals surface area contributed by atoms with Gasteiger partial charge in [-0.1, -0.05) is 26.7 Å². The lowest BCUT2D eigenvalue weighted by Gasteiger charge is -2.30. The molecule has 3 heterocycles. The van der Waals surface area contributed by atoms with Gasteiger partial charge in [-0.3, -0.25) is 19.2 Å². The summed E-state index contributed by atoms with van der Waals surface area (Å²) in [5.41, 5.74) is 7.96. The topological polar surface area (TPSA) is 116 Å². The summed E-state index contributed by atoms with van der Waals surface area (Å²) in [5.74, 6) is -0.500. The highest BCUT2D eigenvalue weighted by atomic mass is 16.2. The predicted octanol–water partition coefficient (Wildman–Crippen LogP) is 2.33. The lowest BCUT2D eigenvalue weighted by Crippen LogP contribution is -2.53. The molecule has 4 aliphatic rings. The van der Waals surface area contributed by atoms with E-state index in [1.54, 1.807) is 9.80 Å². The molecule has 0 radical (unpaired) electrons. The Morgan fingerprint density at radius 1 is 0.923 bits per heavy atom. The van der Waals surface area contributed by atoms with Gasteiger partial charge in [0, 0.05) is 30.9 Å². The summed E-state index contributed by atoms with van der Waals surface area (Å²) in [4.78, 5) is 59.0. The van der Waals surface area contributed by atoms with Gasteiger partial charge in [0.1, 0.15) is 12.1 Å². The van der Waals surface area contributed by atoms with Gasteiger partial charge < -0.3 is 25.8 Å². The molecule has 212 valence electrons. The van der Waals surface area contributed by atoms with Gasteiger partial charge >= 0.3 is 0 Å². The lowest BCUT2D eigenvalue weighted by atomic mass is 9.97. The van der Waals surface area contributed by atoms with E-state index in [-0.39, 0.29) is 47.9 Å². The molecule has 0 aromatic heterocycles. The van der Waals surface area contributed by atoms with Gasteiger partial charge in [0.25, 0.3) is 5.91 Å². The minimum atomic E-state index is -0.743. The zero-order valence-electron chi connectivity index (χ0n) is 23.3. The number of benzene rings is 1. The number of hydrogen-bond donors (Lipinski definition) is 2. The van der Waals surface area contributed by atoms with Gasteiger partial charge in [-0.2, -0.15) is 0 Å². The van der Waals surface area contributed by atoms with E-state index in [9.17, 15) is 19.2 Å². The molecule has 1 aromatic carbocycles. The second kappa shape index (κ2) is 11.7. The molecule has 0 bridgehead atoms. The smallest absolute Gasteiger partial charge is 0.251 e. The molecule has 39 heavy (non-hydrogen) atoms. The van der Waals surface area contributed by atoms with E-state index in [1.807, 2.05) is 38.1 Å². The maximum absolute atomic E-state index is 13.8. The number of carbonyl (C=O) groups excluding carboxylic acids is 4. The number of nitrogens with zero attached hydrogens (tertiary/aromatic N) is 3. The number of fused-ring (bicyclic) bond motifs is 1. The molecule has 4 fully saturated rings. The summed E-state index contributed by atoms with van der Waals surface area (Å²) in [6, 6.07) is 5.21. The normalized spacial score (nSPS) is 24.9. The van der Waals surface area contributed by atoms with Crippen molar-refractivity contribution in [2.75, 3.05) is 31.1 Å². The van der Waals surface area contributed by atoms with Gasteiger partial charge in [-0.25, -0.2) is 0 Å². The van der Waals surface area contributed by atoms with Crippen molar-refractivity contribution in [3.05, 3.63) is 29.8 Å². The summed E-state index contributed by atoms with van der Waals surface area (Å²) in [7, 11) is 0. The number of rotatable bonds is 8. The number of carbonyl (C=O) groups is 4. The Morgan fingerprint density at radius 2 is 1.59 bits per heavy atom. The van der Waals surface area contributed by atoms with E-state index in [4.69, 9.17) is 5.73 Å². The fraction of sp³-hybridized carbons (Fsp3) is 0.667. The summed E-state index contributed by atoms with van der Waals surface area (Å²) >= 11 is 0. The third-order valence-electron chi connectivity index (χ3n) is 9.09. The molecule has 3 aliphatic heterocycles. The van der Waals surface area contributed by atoms with Crippen LogP contribution in [-0.4, -0.2) is 83.7 Å². The van der Waals surface area contributed by atoms with Gasteiger partial charge in [-0.05, 0) is 74.6 Å². The summed E-state index contributed by atoms with van der Waals surface area (Å²) < 4.78 is 0. The first-order chi connectivity index (χ1) is 18.7. The van der Waals surface area contributed by atoms with Gasteiger partial charge in [0.15, 0.2) is 5.78 Å². The number of hydrogen-bond acceptors (Lipinski definition) is 6. The zero-order chi connectivity index (χ0) is 27.7. The highest BCUT2D eigenvalue weighted by Crippen LogP contribution is 2.33. The number of likely N-dealkylation sites (tertiary alicyclic amines) is 2. The van der Waals surface area contributed by atoms with E-state index in [1.165, 1.54) is 12.8 Å². The lowest BCUT2D eigenvalue weighted by molar-refractivity contribution is -0.138. The summed E-state index contributed by atoms with van der Waals surface area (Å²) in [6.45, 7) is 6.47. The molecule has 1 saturated carbocycles. The van der Waals surface area contributed by atoms with E-state index in [2.05, 4.69) is 10.2 Å². The standard InChI is InChI=1S/C30H43N5O4/c1-19(2)17-23(32-28(37)21-9-11-22(12-10-21)33-14-5-6-15-33)29(38)34-16-13-24-27(34)25(36)18-35(24)30(39)26(31)20-7-3-4-8-20/h9-12,19-20,23-24,26-27H,3-8,13-18,31H2,1-2H3,(H,32,37). The minimum Gasteiger partial charge on any atom is -0.372 e. The Labute approximate surface area is 231 Å². The minimum absolute atomic E-state index is 0.00292. The highest BCUT2D eigenvalue weighted by Gasteiger charge is 2.53. The average Bonchev–Trinajstić information content (AvgIpc) is 3.73. The largest absolute Gasteiger partial charge is 0.372 e. The Morgan fingerprint density at radius 3 is 2.23 bits per heavy atom. The zero-order valence-corrected chi connectivity index (χ0v) is 23.3. The van der Waals surface area contributed by atoms with Crippen molar-refractivity contribution in [2.45, 2.75) is 89.4 Å². The number of ketones is 1. The molecule has 0 spiro atoms. The van der Waals surface area contributed by atoms with Crippen molar-refractivity contribution in [3.8, 4) is 0 Å². The molecule has 1 aliphatic carbocycles. The fourth-order valence-electron chi connectivity index (χ4n) is 7.00. The molecule has 3 saturated heterocycles. The number of nitrogens with two attached hydrogens (primary N) is 1. The van der Waals surface area contributed by atoms with Gasteiger partial charge in [-0.15, -0.1) is 0 Å². The molecule has 3 amide bonds. The maximum atomic E-state index is 13.8. The molecule has 5 rings (SSSR count). The molecule has 9 heteroatoms. The first kappa shape index (κ1) is 27.6. The summed E-state index contributed by atoms with van der Waals surface area (Å²) in [6.07, 6.45) is 7.45. The van der Waals surface area contributed by atoms with Crippen molar-refractivity contribution in [2.24, 2.45) is 17.6 Å². The number of nitrogens with one attached hydrogen (secondary N) is 1. The van der Waals surface area contributed by atoms with Crippen LogP contribution in [0.5, 0.6) is 0 Å². The molecular weight excluding hydrogens is 494 g/mol. The van der Waals surface area contributed by atoms with E-state index in [0.29, 0.717) is 24.9 Å². The molecule has 4 unspecified atom stereocenters. The second-order valence-corrected chi connectivity index (χ2v) is 12.2. The molecule has 4 atom stereocenters. The van der Waals surface area contributed by atoms with Crippen LogP contribution in [0.15, 0.2) is 24.3 Å². The van der Waals surface area contributed by atoms with Crippen LogP contribution in [-0.2, 0) is 14.4 Å². The van der Waals surface area contributed by atoms with Crippen LogP contribution in [0.1, 0.15) is 75.6 Å². The summed E-state index contributed by atoms with van der Waals surface area (Å²) in [5, 5.41) is 2.96. The van der Waals surface area contributed by atoms with Crippen molar-refractivity contribution in [1.82, 2.24) is 15.1 Å².